The van der Waals surface area contributed by atoms with Crippen LogP contribution in [0.1, 0.15) is 53.5 Å². The Morgan fingerprint density at radius 3 is 2.71 bits per heavy atom. The van der Waals surface area contributed by atoms with Crippen LogP contribution in [-0.2, 0) is 6.42 Å². The summed E-state index contributed by atoms with van der Waals surface area (Å²) in [6.45, 7) is 2.97. The summed E-state index contributed by atoms with van der Waals surface area (Å²) in [7, 11) is 0. The average Bonchev–Trinajstić information content (AvgIpc) is 3.15. The second kappa shape index (κ2) is 6.09. The van der Waals surface area contributed by atoms with E-state index in [0.29, 0.717) is 11.6 Å². The third kappa shape index (κ3) is 2.45. The van der Waals surface area contributed by atoms with Crippen LogP contribution in [0.2, 0.25) is 0 Å². The van der Waals surface area contributed by atoms with Gasteiger partial charge in [-0.1, -0.05) is 12.1 Å². The molecule has 2 aromatic heterocycles. The molecule has 0 N–H and O–H groups in total. The zero-order valence-electron chi connectivity index (χ0n) is 16.0. The van der Waals surface area contributed by atoms with E-state index in [4.69, 9.17) is 4.98 Å². The van der Waals surface area contributed by atoms with Crippen LogP contribution in [0.15, 0.2) is 42.6 Å². The fraction of sp³-hybridized carbons (Fsp3) is 0.391. The van der Waals surface area contributed by atoms with Crippen molar-refractivity contribution in [2.24, 2.45) is 0 Å². The summed E-state index contributed by atoms with van der Waals surface area (Å²) in [5.74, 6) is 1.58. The third-order valence-electron chi connectivity index (χ3n) is 6.40. The van der Waals surface area contributed by atoms with Crippen LogP contribution in [0.5, 0.6) is 0 Å². The SMILES string of the molecule is O=C(c1nc(C2CC2)n2ccccc12)N1CCc2ccc(N3CCCC3)cc21. The lowest BCUT2D eigenvalue weighted by molar-refractivity contribution is 0.0986. The van der Waals surface area contributed by atoms with Crippen molar-refractivity contribution >= 4 is 22.8 Å². The molecule has 1 aliphatic carbocycles. The number of aromatic nitrogens is 2. The van der Waals surface area contributed by atoms with Crippen molar-refractivity contribution in [2.45, 2.75) is 38.0 Å². The zero-order valence-corrected chi connectivity index (χ0v) is 16.0. The summed E-state index contributed by atoms with van der Waals surface area (Å²) in [5.41, 5.74) is 5.10. The van der Waals surface area contributed by atoms with Gasteiger partial charge in [0.25, 0.3) is 5.91 Å². The van der Waals surface area contributed by atoms with E-state index < -0.39 is 0 Å². The molecule has 0 spiro atoms. The average molecular weight is 372 g/mol. The van der Waals surface area contributed by atoms with Crippen LogP contribution in [-0.4, -0.2) is 34.9 Å². The molecule has 6 rings (SSSR count). The number of rotatable bonds is 3. The van der Waals surface area contributed by atoms with Crippen molar-refractivity contribution in [1.29, 1.82) is 0 Å². The summed E-state index contributed by atoms with van der Waals surface area (Å²) < 4.78 is 2.11. The quantitative estimate of drug-likeness (QED) is 0.697. The fourth-order valence-corrected chi connectivity index (χ4v) is 4.73. The zero-order chi connectivity index (χ0) is 18.7. The van der Waals surface area contributed by atoms with E-state index in [0.717, 1.165) is 43.1 Å². The predicted molar refractivity (Wildman–Crippen MR) is 110 cm³/mol. The van der Waals surface area contributed by atoms with Gasteiger partial charge in [-0.05, 0) is 61.9 Å². The number of pyridine rings is 1. The van der Waals surface area contributed by atoms with Gasteiger partial charge in [0.1, 0.15) is 5.82 Å². The predicted octanol–water partition coefficient (Wildman–Crippen LogP) is 4.01. The van der Waals surface area contributed by atoms with Crippen molar-refractivity contribution < 1.29 is 4.79 Å². The fourth-order valence-electron chi connectivity index (χ4n) is 4.73. The van der Waals surface area contributed by atoms with Crippen molar-refractivity contribution in [3.63, 3.8) is 0 Å². The minimum absolute atomic E-state index is 0.0351. The van der Waals surface area contributed by atoms with E-state index in [1.54, 1.807) is 0 Å². The first kappa shape index (κ1) is 16.2. The second-order valence-electron chi connectivity index (χ2n) is 8.26. The maximum atomic E-state index is 13.5. The Morgan fingerprint density at radius 2 is 1.89 bits per heavy atom. The smallest absolute Gasteiger partial charge is 0.279 e. The maximum Gasteiger partial charge on any atom is 0.279 e. The van der Waals surface area contributed by atoms with Crippen LogP contribution in [0, 0.1) is 0 Å². The molecule has 5 nitrogen and oxygen atoms in total. The highest BCUT2D eigenvalue weighted by Crippen LogP contribution is 2.40. The van der Waals surface area contributed by atoms with Crippen LogP contribution < -0.4 is 9.80 Å². The number of carbonyl (C=O) groups excluding carboxylic acids is 1. The van der Waals surface area contributed by atoms with E-state index in [1.807, 2.05) is 29.3 Å². The highest BCUT2D eigenvalue weighted by atomic mass is 16.2. The molecule has 28 heavy (non-hydrogen) atoms. The van der Waals surface area contributed by atoms with E-state index in [2.05, 4.69) is 27.5 Å². The van der Waals surface area contributed by atoms with Crippen LogP contribution in [0.25, 0.3) is 5.52 Å². The minimum atomic E-state index is 0.0351. The van der Waals surface area contributed by atoms with Crippen LogP contribution >= 0.6 is 0 Å². The number of imidazole rings is 1. The molecule has 0 radical (unpaired) electrons. The third-order valence-corrected chi connectivity index (χ3v) is 6.40. The maximum absolute atomic E-state index is 13.5. The lowest BCUT2D eigenvalue weighted by Gasteiger charge is -2.21. The Morgan fingerprint density at radius 1 is 1.04 bits per heavy atom. The van der Waals surface area contributed by atoms with Gasteiger partial charge in [0.05, 0.1) is 5.52 Å². The lowest BCUT2D eigenvalue weighted by Crippen LogP contribution is -2.29. The number of amides is 1. The molecule has 3 aliphatic rings. The number of hydrogen-bond donors (Lipinski definition) is 0. The van der Waals surface area contributed by atoms with Gasteiger partial charge in [0.15, 0.2) is 5.69 Å². The molecule has 2 aliphatic heterocycles. The summed E-state index contributed by atoms with van der Waals surface area (Å²) in [5, 5.41) is 0. The molecule has 5 heteroatoms. The number of hydrogen-bond acceptors (Lipinski definition) is 3. The van der Waals surface area contributed by atoms with Gasteiger partial charge >= 0.3 is 0 Å². The number of anilines is 2. The monoisotopic (exact) mass is 372 g/mol. The summed E-state index contributed by atoms with van der Waals surface area (Å²) in [6.07, 6.45) is 7.81. The number of fused-ring (bicyclic) bond motifs is 2. The summed E-state index contributed by atoms with van der Waals surface area (Å²) in [6, 6.07) is 12.7. The first-order valence-electron chi connectivity index (χ1n) is 10.5. The minimum Gasteiger partial charge on any atom is -0.371 e. The molecule has 1 saturated heterocycles. The Kier molecular flexibility index (Phi) is 3.52. The summed E-state index contributed by atoms with van der Waals surface area (Å²) in [4.78, 5) is 22.8. The molecule has 0 unspecified atom stereocenters. The van der Waals surface area contributed by atoms with Crippen molar-refractivity contribution in [3.8, 4) is 0 Å². The van der Waals surface area contributed by atoms with Gasteiger partial charge in [-0.3, -0.25) is 4.79 Å². The Bertz CT molecular complexity index is 1080. The van der Waals surface area contributed by atoms with E-state index in [-0.39, 0.29) is 5.91 Å². The highest BCUT2D eigenvalue weighted by molar-refractivity contribution is 6.10. The number of nitrogens with zero attached hydrogens (tertiary/aromatic N) is 4. The van der Waals surface area contributed by atoms with Gasteiger partial charge in [0.2, 0.25) is 0 Å². The van der Waals surface area contributed by atoms with Gasteiger partial charge in [0, 0.05) is 43.1 Å². The molecule has 142 valence electrons. The molecule has 0 atom stereocenters. The molecule has 1 amide bonds. The Balaban J connectivity index is 1.40. The highest BCUT2D eigenvalue weighted by Gasteiger charge is 2.33. The molecule has 1 aromatic carbocycles. The van der Waals surface area contributed by atoms with Crippen LogP contribution in [0.4, 0.5) is 11.4 Å². The number of benzene rings is 1. The molecular formula is C23H24N4O. The van der Waals surface area contributed by atoms with Crippen molar-refractivity contribution in [2.75, 3.05) is 29.4 Å². The largest absolute Gasteiger partial charge is 0.371 e. The standard InChI is InChI=1S/C23H24N4O/c28-23(21-19-5-1-2-13-26(19)22(24-21)17-6-7-17)27-14-10-16-8-9-18(15-20(16)27)25-11-3-4-12-25/h1-2,5,8-9,13,15,17H,3-4,6-7,10-12,14H2. The first-order valence-corrected chi connectivity index (χ1v) is 10.5. The molecular weight excluding hydrogens is 348 g/mol. The molecule has 1 saturated carbocycles. The van der Waals surface area contributed by atoms with Crippen molar-refractivity contribution in [1.82, 2.24) is 9.38 Å². The topological polar surface area (TPSA) is 40.9 Å². The van der Waals surface area contributed by atoms with Gasteiger partial charge < -0.3 is 14.2 Å². The van der Waals surface area contributed by atoms with Crippen LogP contribution in [0.3, 0.4) is 0 Å². The Labute approximate surface area is 164 Å². The summed E-state index contributed by atoms with van der Waals surface area (Å²) >= 11 is 0. The van der Waals surface area contributed by atoms with Gasteiger partial charge in [-0.2, -0.15) is 0 Å². The Hall–Kier alpha value is -2.82. The molecule has 0 bridgehead atoms. The van der Waals surface area contributed by atoms with E-state index in [1.165, 1.54) is 36.9 Å². The molecule has 3 aromatic rings. The second-order valence-corrected chi connectivity index (χ2v) is 8.26. The van der Waals surface area contributed by atoms with Gasteiger partial charge in [-0.25, -0.2) is 4.98 Å². The lowest BCUT2D eigenvalue weighted by atomic mass is 10.1. The number of carbonyl (C=O) groups is 1. The van der Waals surface area contributed by atoms with Gasteiger partial charge in [-0.15, -0.1) is 0 Å². The van der Waals surface area contributed by atoms with Crippen molar-refractivity contribution in [3.05, 3.63) is 59.7 Å². The first-order chi connectivity index (χ1) is 13.8. The molecule has 4 heterocycles. The normalized spacial score (nSPS) is 18.9. The van der Waals surface area contributed by atoms with E-state index in [9.17, 15) is 4.79 Å². The molecule has 2 fully saturated rings. The van der Waals surface area contributed by atoms with E-state index >= 15 is 0 Å².